The Balaban J connectivity index is 2.19. The second kappa shape index (κ2) is 7.46. The summed E-state index contributed by atoms with van der Waals surface area (Å²) in [4.78, 5) is 25.8. The summed E-state index contributed by atoms with van der Waals surface area (Å²) in [6.07, 6.45) is -3.77. The number of carbonyl (C=O) groups is 2. The third-order valence-corrected chi connectivity index (χ3v) is 3.45. The molecule has 0 aliphatic carbocycles. The van der Waals surface area contributed by atoms with Gasteiger partial charge in [0, 0.05) is 18.7 Å². The van der Waals surface area contributed by atoms with Crippen LogP contribution in [0.25, 0.3) is 0 Å². The molecule has 0 aromatic heterocycles. The van der Waals surface area contributed by atoms with Crippen LogP contribution in [0, 0.1) is 0 Å². The van der Waals surface area contributed by atoms with Crippen molar-refractivity contribution in [2.75, 3.05) is 25.0 Å². The number of esters is 1. The van der Waals surface area contributed by atoms with Crippen molar-refractivity contribution in [1.29, 1.82) is 0 Å². The number of hydrogen-bond donors (Lipinski definition) is 1. The highest BCUT2D eigenvalue weighted by Gasteiger charge is 2.34. The number of ether oxygens (including phenoxy) is 1. The molecule has 0 amide bonds. The molecule has 1 aromatic rings. The molecule has 1 N–H and O–H groups in total. The van der Waals surface area contributed by atoms with E-state index in [1.165, 1.54) is 19.1 Å². The molecule has 0 saturated heterocycles. The van der Waals surface area contributed by atoms with Crippen LogP contribution >= 0.6 is 0 Å². The number of ketones is 1. The lowest BCUT2D eigenvalue weighted by Gasteiger charge is -2.18. The molecular formula is C16H17F3N2O3. The molecule has 1 heterocycles. The van der Waals surface area contributed by atoms with Crippen LogP contribution < -0.4 is 5.32 Å². The van der Waals surface area contributed by atoms with Gasteiger partial charge in [0.15, 0.2) is 0 Å². The van der Waals surface area contributed by atoms with Gasteiger partial charge in [-0.15, -0.1) is 0 Å². The summed E-state index contributed by atoms with van der Waals surface area (Å²) < 4.78 is 44.6. The highest BCUT2D eigenvalue weighted by Crippen LogP contribution is 2.35. The third-order valence-electron chi connectivity index (χ3n) is 3.45. The van der Waals surface area contributed by atoms with Crippen molar-refractivity contribution >= 4 is 23.2 Å². The number of Topliss-reactive ketones (excluding diaryl/α,β-unsaturated/α-hetero) is 1. The van der Waals surface area contributed by atoms with Crippen LogP contribution in [0.5, 0.6) is 0 Å². The smallest absolute Gasteiger partial charge is 0.418 e. The number of alkyl halides is 3. The number of halogens is 3. The van der Waals surface area contributed by atoms with E-state index in [1.54, 1.807) is 0 Å². The summed E-state index contributed by atoms with van der Waals surface area (Å²) in [6, 6.07) is 3.82. The van der Waals surface area contributed by atoms with Crippen molar-refractivity contribution in [3.05, 3.63) is 29.3 Å². The number of benzene rings is 1. The Labute approximate surface area is 136 Å². The maximum absolute atomic E-state index is 13.3. The fraction of sp³-hybridized carbons (Fsp3) is 0.438. The van der Waals surface area contributed by atoms with Gasteiger partial charge in [0.1, 0.15) is 18.9 Å². The Bertz CT molecular complexity index is 669. The maximum Gasteiger partial charge on any atom is 0.418 e. The summed E-state index contributed by atoms with van der Waals surface area (Å²) in [5.41, 5.74) is -0.294. The second-order valence-corrected chi connectivity index (χ2v) is 5.41. The zero-order valence-corrected chi connectivity index (χ0v) is 13.1. The average Bonchev–Trinajstić information content (AvgIpc) is 2.51. The van der Waals surface area contributed by atoms with Crippen LogP contribution in [0.15, 0.2) is 23.2 Å². The van der Waals surface area contributed by atoms with Gasteiger partial charge in [0.2, 0.25) is 0 Å². The van der Waals surface area contributed by atoms with E-state index in [0.29, 0.717) is 18.6 Å². The van der Waals surface area contributed by atoms with Crippen LogP contribution in [0.1, 0.15) is 30.9 Å². The van der Waals surface area contributed by atoms with Gasteiger partial charge in [-0.1, -0.05) is 6.07 Å². The second-order valence-electron chi connectivity index (χ2n) is 5.41. The SMILES string of the molecule is CC(=O)CCCNc1ccc(C2=NCC(=O)OC2)cc1C(F)(F)F. The summed E-state index contributed by atoms with van der Waals surface area (Å²) in [5, 5.41) is 2.71. The molecule has 1 aliphatic rings. The minimum absolute atomic E-state index is 0.00644. The summed E-state index contributed by atoms with van der Waals surface area (Å²) in [5.74, 6) is -0.508. The molecule has 0 unspecified atom stereocenters. The molecule has 2 rings (SSSR count). The van der Waals surface area contributed by atoms with Crippen LogP contribution in [0.3, 0.4) is 0 Å². The van der Waals surface area contributed by atoms with E-state index in [0.717, 1.165) is 6.07 Å². The van der Waals surface area contributed by atoms with Crippen LogP contribution in [-0.4, -0.2) is 37.2 Å². The van der Waals surface area contributed by atoms with Crippen molar-refractivity contribution in [3.63, 3.8) is 0 Å². The molecule has 0 bridgehead atoms. The molecule has 0 spiro atoms. The molecule has 1 aliphatic heterocycles. The zero-order valence-electron chi connectivity index (χ0n) is 13.1. The Morgan fingerprint density at radius 3 is 2.71 bits per heavy atom. The molecule has 0 radical (unpaired) electrons. The quantitative estimate of drug-likeness (QED) is 0.638. The Morgan fingerprint density at radius 2 is 2.12 bits per heavy atom. The van der Waals surface area contributed by atoms with Gasteiger partial charge in [-0.3, -0.25) is 9.79 Å². The van der Waals surface area contributed by atoms with Crippen molar-refractivity contribution in [2.24, 2.45) is 4.99 Å². The van der Waals surface area contributed by atoms with E-state index in [1.807, 2.05) is 0 Å². The lowest BCUT2D eigenvalue weighted by Crippen LogP contribution is -2.24. The van der Waals surface area contributed by atoms with Gasteiger partial charge in [0.25, 0.3) is 0 Å². The molecule has 0 fully saturated rings. The van der Waals surface area contributed by atoms with Crippen LogP contribution in [-0.2, 0) is 20.5 Å². The van der Waals surface area contributed by atoms with Crippen LogP contribution in [0.4, 0.5) is 18.9 Å². The third kappa shape index (κ3) is 4.81. The minimum atomic E-state index is -4.54. The lowest BCUT2D eigenvalue weighted by molar-refractivity contribution is -0.141. The molecule has 24 heavy (non-hydrogen) atoms. The number of rotatable bonds is 6. The zero-order chi connectivity index (χ0) is 17.7. The topological polar surface area (TPSA) is 67.8 Å². The molecule has 8 heteroatoms. The van der Waals surface area contributed by atoms with E-state index in [4.69, 9.17) is 4.74 Å². The summed E-state index contributed by atoms with van der Waals surface area (Å²) in [7, 11) is 0. The number of nitrogens with zero attached hydrogens (tertiary/aromatic N) is 1. The molecule has 0 atom stereocenters. The Morgan fingerprint density at radius 1 is 1.38 bits per heavy atom. The van der Waals surface area contributed by atoms with E-state index in [9.17, 15) is 22.8 Å². The van der Waals surface area contributed by atoms with Gasteiger partial charge in [0.05, 0.1) is 11.3 Å². The highest BCUT2D eigenvalue weighted by atomic mass is 19.4. The average molecular weight is 342 g/mol. The predicted octanol–water partition coefficient (Wildman–Crippen LogP) is 2.83. The van der Waals surface area contributed by atoms with E-state index < -0.39 is 17.7 Å². The lowest BCUT2D eigenvalue weighted by atomic mass is 10.0. The van der Waals surface area contributed by atoms with E-state index in [-0.39, 0.29) is 36.7 Å². The van der Waals surface area contributed by atoms with Crippen LogP contribution in [0.2, 0.25) is 0 Å². The van der Waals surface area contributed by atoms with Gasteiger partial charge >= 0.3 is 12.1 Å². The van der Waals surface area contributed by atoms with Gasteiger partial charge in [-0.25, -0.2) is 0 Å². The first-order valence-corrected chi connectivity index (χ1v) is 7.41. The number of aliphatic imine (C=N–C) groups is 1. The molecule has 130 valence electrons. The Hall–Kier alpha value is -2.38. The van der Waals surface area contributed by atoms with Crippen molar-refractivity contribution in [1.82, 2.24) is 0 Å². The maximum atomic E-state index is 13.3. The predicted molar refractivity (Wildman–Crippen MR) is 82.2 cm³/mol. The van der Waals surface area contributed by atoms with Crippen molar-refractivity contribution in [3.8, 4) is 0 Å². The molecular weight excluding hydrogens is 325 g/mol. The first-order chi connectivity index (χ1) is 11.3. The molecule has 1 aromatic carbocycles. The minimum Gasteiger partial charge on any atom is -0.458 e. The van der Waals surface area contributed by atoms with Crippen molar-refractivity contribution < 1.29 is 27.5 Å². The number of hydrogen-bond acceptors (Lipinski definition) is 5. The number of nitrogens with one attached hydrogen (secondary N) is 1. The first kappa shape index (κ1) is 18.0. The molecule has 0 saturated carbocycles. The van der Waals surface area contributed by atoms with Gasteiger partial charge in [-0.2, -0.15) is 13.2 Å². The van der Waals surface area contributed by atoms with Gasteiger partial charge < -0.3 is 14.8 Å². The largest absolute Gasteiger partial charge is 0.458 e. The fourth-order valence-electron chi connectivity index (χ4n) is 2.25. The highest BCUT2D eigenvalue weighted by molar-refractivity contribution is 6.04. The van der Waals surface area contributed by atoms with E-state index in [2.05, 4.69) is 10.3 Å². The normalized spacial score (nSPS) is 14.8. The molecule has 5 nitrogen and oxygen atoms in total. The van der Waals surface area contributed by atoms with Gasteiger partial charge in [-0.05, 0) is 31.0 Å². The number of carbonyl (C=O) groups excluding carboxylic acids is 2. The number of cyclic esters (lactones) is 1. The number of anilines is 1. The summed E-state index contributed by atoms with van der Waals surface area (Å²) in [6.45, 7) is 1.37. The monoisotopic (exact) mass is 342 g/mol. The Kier molecular flexibility index (Phi) is 5.58. The van der Waals surface area contributed by atoms with Crippen molar-refractivity contribution in [2.45, 2.75) is 25.9 Å². The fourth-order valence-corrected chi connectivity index (χ4v) is 2.25. The summed E-state index contributed by atoms with van der Waals surface area (Å²) >= 11 is 0. The first-order valence-electron chi connectivity index (χ1n) is 7.41. The standard InChI is InChI=1S/C16H17F3N2O3/c1-10(22)3-2-6-20-13-5-4-11(7-12(13)16(17,18)19)14-9-24-15(23)8-21-14/h4-5,7,20H,2-3,6,8-9H2,1H3. The van der Waals surface area contributed by atoms with E-state index >= 15 is 0 Å².